The third-order valence-electron chi connectivity index (χ3n) is 3.75. The molecule has 1 aliphatic rings. The van der Waals surface area contributed by atoms with Gasteiger partial charge in [0.15, 0.2) is 5.69 Å². The lowest BCUT2D eigenvalue weighted by Gasteiger charge is -2.13. The molecule has 0 radical (unpaired) electrons. The van der Waals surface area contributed by atoms with Crippen molar-refractivity contribution in [2.45, 2.75) is 31.7 Å². The minimum atomic E-state index is -0.326. The number of hydrogen-bond donors (Lipinski definition) is 3. The number of amides is 1. The Morgan fingerprint density at radius 3 is 2.71 bits per heavy atom. The summed E-state index contributed by atoms with van der Waals surface area (Å²) in [4.78, 5) is 12.2. The van der Waals surface area contributed by atoms with Crippen molar-refractivity contribution in [2.24, 2.45) is 0 Å². The molecule has 3 rings (SSSR count). The fraction of sp³-hybridized carbons (Fsp3) is 0.333. The molecule has 0 bridgehead atoms. The van der Waals surface area contributed by atoms with Crippen LogP contribution in [0.3, 0.4) is 0 Å². The minimum Gasteiger partial charge on any atom is -0.395 e. The van der Waals surface area contributed by atoms with Crippen molar-refractivity contribution in [2.75, 3.05) is 5.73 Å². The van der Waals surface area contributed by atoms with Crippen molar-refractivity contribution in [1.29, 1.82) is 0 Å². The summed E-state index contributed by atoms with van der Waals surface area (Å²) in [7, 11) is 0. The van der Waals surface area contributed by atoms with Crippen molar-refractivity contribution in [3.05, 3.63) is 47.0 Å². The number of H-pyrrole nitrogens is 1. The number of carbonyl (C=O) groups is 1. The average molecular weight is 288 g/mol. The van der Waals surface area contributed by atoms with Crippen LogP contribution in [0.2, 0.25) is 0 Å². The molecule has 1 unspecified atom stereocenters. The molecule has 21 heavy (non-hydrogen) atoms. The first-order valence-electron chi connectivity index (χ1n) is 6.96. The van der Waals surface area contributed by atoms with Gasteiger partial charge < -0.3 is 11.1 Å². The highest BCUT2D eigenvalue weighted by molar-refractivity contribution is 5.98. The predicted octanol–water partition coefficient (Wildman–Crippen LogP) is 2.50. The van der Waals surface area contributed by atoms with Gasteiger partial charge in [-0.2, -0.15) is 5.10 Å². The fourth-order valence-corrected chi connectivity index (χ4v) is 2.32. The molecule has 6 heteroatoms. The second-order valence-corrected chi connectivity index (χ2v) is 5.42. The van der Waals surface area contributed by atoms with Gasteiger partial charge in [-0.1, -0.05) is 12.1 Å². The number of benzene rings is 1. The summed E-state index contributed by atoms with van der Waals surface area (Å²) in [6.07, 6.45) is 2.17. The van der Waals surface area contributed by atoms with Crippen LogP contribution < -0.4 is 11.1 Å². The number of nitrogens with one attached hydrogen (secondary N) is 2. The molecule has 0 aliphatic heterocycles. The molecule has 0 saturated heterocycles. The van der Waals surface area contributed by atoms with Crippen LogP contribution in [0.4, 0.5) is 10.1 Å². The van der Waals surface area contributed by atoms with Crippen LogP contribution in [-0.4, -0.2) is 16.1 Å². The summed E-state index contributed by atoms with van der Waals surface area (Å²) in [5.41, 5.74) is 8.31. The van der Waals surface area contributed by atoms with Gasteiger partial charge in [0.25, 0.3) is 5.91 Å². The molecular weight excluding hydrogens is 271 g/mol. The largest absolute Gasteiger partial charge is 0.395 e. The van der Waals surface area contributed by atoms with Crippen LogP contribution in [-0.2, 0) is 0 Å². The predicted molar refractivity (Wildman–Crippen MR) is 77.3 cm³/mol. The molecule has 5 nitrogen and oxygen atoms in total. The van der Waals surface area contributed by atoms with Gasteiger partial charge in [0.05, 0.1) is 17.4 Å². The quantitative estimate of drug-likeness (QED) is 0.808. The Hall–Kier alpha value is -2.37. The molecule has 4 N–H and O–H groups in total. The Labute approximate surface area is 121 Å². The van der Waals surface area contributed by atoms with E-state index in [9.17, 15) is 9.18 Å². The third-order valence-corrected chi connectivity index (χ3v) is 3.75. The monoisotopic (exact) mass is 288 g/mol. The highest BCUT2D eigenvalue weighted by Gasteiger charge is 2.30. The molecule has 1 aromatic carbocycles. The van der Waals surface area contributed by atoms with E-state index < -0.39 is 0 Å². The summed E-state index contributed by atoms with van der Waals surface area (Å²) in [6.45, 7) is 1.83. The number of aromatic amines is 1. The topological polar surface area (TPSA) is 83.8 Å². The number of nitrogens with zero attached hydrogens (tertiary/aromatic N) is 1. The molecule has 1 aromatic heterocycles. The Balaban J connectivity index is 1.72. The second-order valence-electron chi connectivity index (χ2n) is 5.42. The Bertz CT molecular complexity index is 661. The second kappa shape index (κ2) is 5.20. The average Bonchev–Trinajstić information content (AvgIpc) is 3.22. The van der Waals surface area contributed by atoms with Gasteiger partial charge in [-0.15, -0.1) is 0 Å². The van der Waals surface area contributed by atoms with Crippen molar-refractivity contribution < 1.29 is 9.18 Å². The van der Waals surface area contributed by atoms with Crippen LogP contribution in [0.15, 0.2) is 24.3 Å². The van der Waals surface area contributed by atoms with E-state index in [1.165, 1.54) is 12.1 Å². The van der Waals surface area contributed by atoms with Crippen molar-refractivity contribution in [3.8, 4) is 0 Å². The maximum absolute atomic E-state index is 12.9. The van der Waals surface area contributed by atoms with Crippen LogP contribution in [0.5, 0.6) is 0 Å². The maximum Gasteiger partial charge on any atom is 0.274 e. The van der Waals surface area contributed by atoms with Gasteiger partial charge in [0.2, 0.25) is 0 Å². The Kier molecular flexibility index (Phi) is 3.37. The van der Waals surface area contributed by atoms with Crippen molar-refractivity contribution in [1.82, 2.24) is 15.5 Å². The maximum atomic E-state index is 12.9. The number of hydrogen-bond acceptors (Lipinski definition) is 3. The minimum absolute atomic E-state index is 0.228. The number of halogens is 1. The van der Waals surface area contributed by atoms with Crippen LogP contribution in [0.25, 0.3) is 0 Å². The molecule has 1 aliphatic carbocycles. The lowest BCUT2D eigenvalue weighted by molar-refractivity contribution is 0.0935. The van der Waals surface area contributed by atoms with Crippen LogP contribution >= 0.6 is 0 Å². The summed E-state index contributed by atoms with van der Waals surface area (Å²) in [6, 6.07) is 5.77. The summed E-state index contributed by atoms with van der Waals surface area (Å²) < 4.78 is 12.9. The molecule has 1 saturated carbocycles. The first-order chi connectivity index (χ1) is 10.1. The van der Waals surface area contributed by atoms with Crippen LogP contribution in [0.1, 0.15) is 53.5 Å². The van der Waals surface area contributed by atoms with E-state index in [2.05, 4.69) is 15.5 Å². The van der Waals surface area contributed by atoms with Gasteiger partial charge in [0, 0.05) is 5.92 Å². The summed E-state index contributed by atoms with van der Waals surface area (Å²) in [5, 5.41) is 9.69. The molecule has 1 fully saturated rings. The van der Waals surface area contributed by atoms with E-state index in [4.69, 9.17) is 5.73 Å². The Morgan fingerprint density at radius 2 is 2.10 bits per heavy atom. The van der Waals surface area contributed by atoms with Gasteiger partial charge >= 0.3 is 0 Å². The fourth-order valence-electron chi connectivity index (χ4n) is 2.32. The van der Waals surface area contributed by atoms with Gasteiger partial charge in [-0.05, 0) is 37.5 Å². The lowest BCUT2D eigenvalue weighted by atomic mass is 10.1. The number of nitrogens with two attached hydrogens (primary N) is 1. The zero-order valence-electron chi connectivity index (χ0n) is 11.7. The van der Waals surface area contributed by atoms with Gasteiger partial charge in [0.1, 0.15) is 5.82 Å². The first-order valence-corrected chi connectivity index (χ1v) is 6.96. The zero-order chi connectivity index (χ0) is 15.0. The van der Waals surface area contributed by atoms with E-state index in [0.717, 1.165) is 24.1 Å². The highest BCUT2D eigenvalue weighted by Crippen LogP contribution is 2.42. The van der Waals surface area contributed by atoms with Gasteiger partial charge in [-0.3, -0.25) is 9.89 Å². The molecule has 110 valence electrons. The van der Waals surface area contributed by atoms with E-state index in [0.29, 0.717) is 11.6 Å². The van der Waals surface area contributed by atoms with Crippen LogP contribution in [0, 0.1) is 5.82 Å². The van der Waals surface area contributed by atoms with E-state index in [1.807, 2.05) is 6.92 Å². The molecule has 2 aromatic rings. The Morgan fingerprint density at radius 1 is 1.43 bits per heavy atom. The first kappa shape index (κ1) is 13.6. The zero-order valence-corrected chi connectivity index (χ0v) is 11.7. The SMILES string of the molecule is CC(NC(=O)c1n[nH]c(C2CC2)c1N)c1ccc(F)cc1. The van der Waals surface area contributed by atoms with Crippen molar-refractivity contribution >= 4 is 11.6 Å². The van der Waals surface area contributed by atoms with E-state index in [1.54, 1.807) is 12.1 Å². The van der Waals surface area contributed by atoms with Crippen molar-refractivity contribution in [3.63, 3.8) is 0 Å². The summed E-state index contributed by atoms with van der Waals surface area (Å²) >= 11 is 0. The number of aromatic nitrogens is 2. The standard InChI is InChI=1S/C15H17FN4O/c1-8(9-4-6-11(16)7-5-9)18-15(21)14-12(17)13(19-20-14)10-2-3-10/h4-8,10H,2-3,17H2,1H3,(H,18,21)(H,19,20). The van der Waals surface area contributed by atoms with E-state index >= 15 is 0 Å². The molecule has 1 heterocycles. The normalized spacial score (nSPS) is 15.7. The van der Waals surface area contributed by atoms with Gasteiger partial charge in [-0.25, -0.2) is 4.39 Å². The third kappa shape index (κ3) is 2.74. The highest BCUT2D eigenvalue weighted by atomic mass is 19.1. The summed E-state index contributed by atoms with van der Waals surface area (Å²) in [5.74, 6) is -0.219. The number of rotatable bonds is 4. The smallest absolute Gasteiger partial charge is 0.274 e. The number of anilines is 1. The number of carbonyl (C=O) groups excluding carboxylic acids is 1. The van der Waals surface area contributed by atoms with E-state index in [-0.39, 0.29) is 23.5 Å². The molecule has 0 spiro atoms. The number of nitrogen functional groups attached to an aromatic ring is 1. The molecular formula is C15H17FN4O. The molecule has 1 atom stereocenters. The lowest BCUT2D eigenvalue weighted by Crippen LogP contribution is -2.27. The molecule has 1 amide bonds.